The van der Waals surface area contributed by atoms with Crippen LogP contribution in [0.25, 0.3) is 0 Å². The Morgan fingerprint density at radius 1 is 1.30 bits per heavy atom. The van der Waals surface area contributed by atoms with Crippen LogP contribution in [-0.4, -0.2) is 7.05 Å². The molecule has 0 saturated heterocycles. The Balaban J connectivity index is 2.34. The van der Waals surface area contributed by atoms with Gasteiger partial charge < -0.3 is 5.32 Å². The number of nitrogens with one attached hydrogen (secondary N) is 1. The minimum Gasteiger partial charge on any atom is -0.313 e. The lowest BCUT2D eigenvalue weighted by molar-refractivity contribution is 0.553. The van der Waals surface area contributed by atoms with Gasteiger partial charge in [-0.1, -0.05) is 39.7 Å². The summed E-state index contributed by atoms with van der Waals surface area (Å²) >= 11 is 9.56. The standard InChI is InChI=1S/C16H16BrClFN/c1-10-8-11(17)6-7-12(10)16(20-2)9-13-14(18)4-3-5-15(13)19/h3-8,16,20H,9H2,1-2H3. The normalized spacial score (nSPS) is 12.4. The highest BCUT2D eigenvalue weighted by atomic mass is 79.9. The minimum absolute atomic E-state index is 0.0255. The molecular formula is C16H16BrClFN. The number of aryl methyl sites for hydroxylation is 1. The molecule has 2 rings (SSSR count). The Hall–Kier alpha value is -0.900. The molecule has 0 spiro atoms. The van der Waals surface area contributed by atoms with Gasteiger partial charge in [-0.2, -0.15) is 0 Å². The Morgan fingerprint density at radius 3 is 2.65 bits per heavy atom. The van der Waals surface area contributed by atoms with Gasteiger partial charge >= 0.3 is 0 Å². The molecule has 0 bridgehead atoms. The molecule has 20 heavy (non-hydrogen) atoms. The van der Waals surface area contributed by atoms with Gasteiger partial charge in [-0.15, -0.1) is 0 Å². The molecule has 0 aromatic heterocycles. The van der Waals surface area contributed by atoms with Crippen molar-refractivity contribution in [3.63, 3.8) is 0 Å². The van der Waals surface area contributed by atoms with E-state index in [0.717, 1.165) is 15.6 Å². The second kappa shape index (κ2) is 6.70. The zero-order valence-corrected chi connectivity index (χ0v) is 13.7. The van der Waals surface area contributed by atoms with Gasteiger partial charge in [-0.25, -0.2) is 4.39 Å². The number of hydrogen-bond donors (Lipinski definition) is 1. The zero-order valence-electron chi connectivity index (χ0n) is 11.4. The molecule has 0 fully saturated rings. The molecule has 106 valence electrons. The highest BCUT2D eigenvalue weighted by molar-refractivity contribution is 9.10. The van der Waals surface area contributed by atoms with E-state index in [1.807, 2.05) is 20.0 Å². The van der Waals surface area contributed by atoms with Crippen molar-refractivity contribution in [3.8, 4) is 0 Å². The predicted octanol–water partition coefficient (Wildman–Crippen LogP) is 5.05. The van der Waals surface area contributed by atoms with Crippen molar-refractivity contribution in [2.75, 3.05) is 7.05 Å². The fourth-order valence-corrected chi connectivity index (χ4v) is 3.04. The first-order chi connectivity index (χ1) is 9.52. The molecule has 2 aromatic carbocycles. The number of rotatable bonds is 4. The lowest BCUT2D eigenvalue weighted by atomic mass is 9.95. The summed E-state index contributed by atoms with van der Waals surface area (Å²) < 4.78 is 14.9. The van der Waals surface area contributed by atoms with Gasteiger partial charge in [0.15, 0.2) is 0 Å². The first kappa shape index (κ1) is 15.5. The van der Waals surface area contributed by atoms with Crippen molar-refractivity contribution in [1.29, 1.82) is 0 Å². The van der Waals surface area contributed by atoms with E-state index < -0.39 is 0 Å². The second-order valence-electron chi connectivity index (χ2n) is 4.75. The molecule has 4 heteroatoms. The molecular weight excluding hydrogens is 341 g/mol. The van der Waals surface area contributed by atoms with Crippen molar-refractivity contribution in [2.45, 2.75) is 19.4 Å². The smallest absolute Gasteiger partial charge is 0.127 e. The molecule has 0 aliphatic rings. The summed E-state index contributed by atoms with van der Waals surface area (Å²) in [7, 11) is 1.88. The molecule has 1 unspecified atom stereocenters. The maximum Gasteiger partial charge on any atom is 0.127 e. The van der Waals surface area contributed by atoms with Crippen LogP contribution >= 0.6 is 27.5 Å². The third-order valence-electron chi connectivity index (χ3n) is 3.43. The van der Waals surface area contributed by atoms with Crippen LogP contribution < -0.4 is 5.32 Å². The first-order valence-electron chi connectivity index (χ1n) is 6.39. The van der Waals surface area contributed by atoms with Gasteiger partial charge in [0.25, 0.3) is 0 Å². The van der Waals surface area contributed by atoms with E-state index in [4.69, 9.17) is 11.6 Å². The highest BCUT2D eigenvalue weighted by Gasteiger charge is 2.17. The summed E-state index contributed by atoms with van der Waals surface area (Å²) in [5.74, 6) is -0.257. The number of likely N-dealkylation sites (N-methyl/N-ethyl adjacent to an activating group) is 1. The van der Waals surface area contributed by atoms with Gasteiger partial charge in [-0.3, -0.25) is 0 Å². The van der Waals surface area contributed by atoms with Gasteiger partial charge in [-0.05, 0) is 55.8 Å². The average Bonchev–Trinajstić information content (AvgIpc) is 2.40. The molecule has 0 radical (unpaired) electrons. The Kier molecular flexibility index (Phi) is 5.19. The zero-order chi connectivity index (χ0) is 14.7. The third-order valence-corrected chi connectivity index (χ3v) is 4.27. The predicted molar refractivity (Wildman–Crippen MR) is 85.8 cm³/mol. The SMILES string of the molecule is CNC(Cc1c(F)cccc1Cl)c1ccc(Br)cc1C. The summed E-state index contributed by atoms with van der Waals surface area (Å²) in [6.45, 7) is 2.05. The fourth-order valence-electron chi connectivity index (χ4n) is 2.33. The molecule has 0 amide bonds. The van der Waals surface area contributed by atoms with Crippen LogP contribution in [0.3, 0.4) is 0 Å². The Labute approximate surface area is 132 Å². The maximum atomic E-state index is 13.9. The molecule has 2 aromatic rings. The van der Waals surface area contributed by atoms with Crippen LogP contribution in [0.1, 0.15) is 22.7 Å². The van der Waals surface area contributed by atoms with E-state index >= 15 is 0 Å². The molecule has 0 aliphatic carbocycles. The number of halogens is 3. The van der Waals surface area contributed by atoms with Crippen molar-refractivity contribution in [3.05, 3.63) is 68.4 Å². The van der Waals surface area contributed by atoms with Crippen LogP contribution in [0.2, 0.25) is 5.02 Å². The molecule has 0 heterocycles. The largest absolute Gasteiger partial charge is 0.313 e. The van der Waals surface area contributed by atoms with Crippen molar-refractivity contribution < 1.29 is 4.39 Å². The molecule has 0 saturated carbocycles. The van der Waals surface area contributed by atoms with E-state index in [1.165, 1.54) is 6.07 Å². The molecule has 0 aliphatic heterocycles. The van der Waals surface area contributed by atoms with E-state index in [9.17, 15) is 4.39 Å². The van der Waals surface area contributed by atoms with Crippen molar-refractivity contribution in [2.24, 2.45) is 0 Å². The lowest BCUT2D eigenvalue weighted by Crippen LogP contribution is -2.20. The van der Waals surface area contributed by atoms with E-state index in [0.29, 0.717) is 17.0 Å². The average molecular weight is 357 g/mol. The van der Waals surface area contributed by atoms with Gasteiger partial charge in [0.2, 0.25) is 0 Å². The summed E-state index contributed by atoms with van der Waals surface area (Å²) in [5.41, 5.74) is 2.86. The van der Waals surface area contributed by atoms with Gasteiger partial charge in [0.05, 0.1) is 0 Å². The summed E-state index contributed by atoms with van der Waals surface area (Å²) in [5, 5.41) is 3.71. The minimum atomic E-state index is -0.257. The van der Waals surface area contributed by atoms with Crippen LogP contribution in [-0.2, 0) is 6.42 Å². The summed E-state index contributed by atoms with van der Waals surface area (Å²) in [4.78, 5) is 0. The third kappa shape index (κ3) is 3.40. The second-order valence-corrected chi connectivity index (χ2v) is 6.07. The van der Waals surface area contributed by atoms with Gasteiger partial charge in [0.1, 0.15) is 5.82 Å². The first-order valence-corrected chi connectivity index (χ1v) is 7.56. The molecule has 1 atom stereocenters. The highest BCUT2D eigenvalue weighted by Crippen LogP contribution is 2.28. The van der Waals surface area contributed by atoms with E-state index in [2.05, 4.69) is 33.4 Å². The van der Waals surface area contributed by atoms with Crippen LogP contribution in [0.15, 0.2) is 40.9 Å². The van der Waals surface area contributed by atoms with Crippen LogP contribution in [0, 0.1) is 12.7 Å². The number of hydrogen-bond acceptors (Lipinski definition) is 1. The fraction of sp³-hybridized carbons (Fsp3) is 0.250. The quantitative estimate of drug-likeness (QED) is 0.808. The Bertz CT molecular complexity index is 595. The maximum absolute atomic E-state index is 13.9. The van der Waals surface area contributed by atoms with E-state index in [1.54, 1.807) is 12.1 Å². The molecule has 1 nitrogen and oxygen atoms in total. The monoisotopic (exact) mass is 355 g/mol. The van der Waals surface area contributed by atoms with Crippen LogP contribution in [0.4, 0.5) is 4.39 Å². The van der Waals surface area contributed by atoms with E-state index in [-0.39, 0.29) is 11.9 Å². The van der Waals surface area contributed by atoms with Gasteiger partial charge in [0, 0.05) is 21.1 Å². The summed E-state index contributed by atoms with van der Waals surface area (Å²) in [6, 6.07) is 10.9. The topological polar surface area (TPSA) is 12.0 Å². The molecule has 1 N–H and O–H groups in total. The lowest BCUT2D eigenvalue weighted by Gasteiger charge is -2.20. The van der Waals surface area contributed by atoms with Crippen LogP contribution in [0.5, 0.6) is 0 Å². The Morgan fingerprint density at radius 2 is 2.05 bits per heavy atom. The number of benzene rings is 2. The summed E-state index contributed by atoms with van der Waals surface area (Å²) in [6.07, 6.45) is 0.518. The van der Waals surface area contributed by atoms with Crippen molar-refractivity contribution in [1.82, 2.24) is 5.32 Å². The van der Waals surface area contributed by atoms with Crippen molar-refractivity contribution >= 4 is 27.5 Å².